The molecule has 0 saturated heterocycles. The van der Waals surface area contributed by atoms with Crippen LogP contribution in [0, 0.1) is 6.92 Å². The van der Waals surface area contributed by atoms with Crippen LogP contribution in [0.2, 0.25) is 0 Å². The molecular weight excluding hydrogens is 507 g/mol. The number of carbonyl (C=O) groups is 2. The molecule has 36 heavy (non-hydrogen) atoms. The Balaban J connectivity index is 1.96. The fraction of sp³-hybridized carbons (Fsp3) is 0.600. The van der Waals surface area contributed by atoms with Crippen LogP contribution in [0.5, 0.6) is 0 Å². The highest BCUT2D eigenvalue weighted by molar-refractivity contribution is 7.53. The molecule has 0 saturated carbocycles. The van der Waals surface area contributed by atoms with Gasteiger partial charge in [-0.2, -0.15) is 0 Å². The summed E-state index contributed by atoms with van der Waals surface area (Å²) in [5.41, 5.74) is -0.941. The highest BCUT2D eigenvalue weighted by Gasteiger charge is 2.31. The molecule has 1 aliphatic heterocycles. The van der Waals surface area contributed by atoms with Crippen LogP contribution in [-0.4, -0.2) is 60.3 Å². The summed E-state index contributed by atoms with van der Waals surface area (Å²) in [4.78, 5) is 48.8. The maximum Gasteiger partial charge on any atom is 0.510 e. The highest BCUT2D eigenvalue weighted by atomic mass is 31.2. The lowest BCUT2D eigenvalue weighted by Crippen LogP contribution is -2.33. The Morgan fingerprint density at radius 3 is 2.11 bits per heavy atom. The molecule has 1 aromatic rings. The fourth-order valence-electron chi connectivity index (χ4n) is 2.48. The van der Waals surface area contributed by atoms with Crippen molar-refractivity contribution < 1.29 is 51.6 Å². The number of H-pyrrole nitrogens is 1. The van der Waals surface area contributed by atoms with Gasteiger partial charge in [0, 0.05) is 11.8 Å². The van der Waals surface area contributed by atoms with E-state index in [1.54, 1.807) is 27.7 Å². The topological polar surface area (TPSA) is 180 Å². The van der Waals surface area contributed by atoms with Gasteiger partial charge in [0.25, 0.3) is 5.56 Å². The normalized spacial score (nSPS) is 17.4. The second kappa shape index (κ2) is 13.4. The molecule has 16 heteroatoms. The summed E-state index contributed by atoms with van der Waals surface area (Å²) in [6.45, 7) is 6.28. The predicted molar refractivity (Wildman–Crippen MR) is 120 cm³/mol. The zero-order valence-electron chi connectivity index (χ0n) is 20.4. The van der Waals surface area contributed by atoms with Crippen LogP contribution in [0.25, 0.3) is 0 Å². The quantitative estimate of drug-likeness (QED) is 0.178. The van der Waals surface area contributed by atoms with Crippen LogP contribution in [0.1, 0.15) is 39.5 Å². The third-order valence-corrected chi connectivity index (χ3v) is 5.50. The summed E-state index contributed by atoms with van der Waals surface area (Å²) in [6.07, 6.45) is -1.56. The van der Waals surface area contributed by atoms with Gasteiger partial charge in [0.15, 0.2) is 18.9 Å². The van der Waals surface area contributed by atoms with Crippen LogP contribution in [0.4, 0.5) is 9.59 Å². The van der Waals surface area contributed by atoms with Gasteiger partial charge in [-0.25, -0.2) is 14.4 Å². The zero-order valence-corrected chi connectivity index (χ0v) is 21.3. The third kappa shape index (κ3) is 9.59. The van der Waals surface area contributed by atoms with Crippen LogP contribution in [-0.2, 0) is 42.0 Å². The maximum atomic E-state index is 13.1. The van der Waals surface area contributed by atoms with E-state index < -0.39 is 75.8 Å². The summed E-state index contributed by atoms with van der Waals surface area (Å²) >= 11 is 0. The van der Waals surface area contributed by atoms with Crippen LogP contribution < -0.4 is 11.2 Å². The number of hydrogen-bond acceptors (Lipinski definition) is 13. The van der Waals surface area contributed by atoms with E-state index in [0.29, 0.717) is 0 Å². The molecule has 0 spiro atoms. The summed E-state index contributed by atoms with van der Waals surface area (Å²) < 4.78 is 54.1. The molecule has 2 heterocycles. The van der Waals surface area contributed by atoms with E-state index in [1.807, 2.05) is 0 Å². The highest BCUT2D eigenvalue weighted by Crippen LogP contribution is 2.48. The van der Waals surface area contributed by atoms with Gasteiger partial charge in [-0.15, -0.1) is 0 Å². The molecule has 0 amide bonds. The molecule has 2 atom stereocenters. The number of aromatic amines is 1. The molecule has 0 aliphatic carbocycles. The first kappa shape index (κ1) is 29.3. The van der Waals surface area contributed by atoms with E-state index in [4.69, 9.17) is 28.0 Å². The summed E-state index contributed by atoms with van der Waals surface area (Å²) in [6, 6.07) is 0. The fourth-order valence-corrected chi connectivity index (χ4v) is 3.46. The third-order valence-electron chi connectivity index (χ3n) is 4.04. The van der Waals surface area contributed by atoms with Gasteiger partial charge in [0.05, 0.1) is 12.2 Å². The Bertz CT molecular complexity index is 1060. The molecule has 1 aliphatic rings. The molecule has 0 fully saturated rings. The lowest BCUT2D eigenvalue weighted by Gasteiger charge is -2.21. The second-order valence-corrected chi connectivity index (χ2v) is 9.78. The first-order valence-corrected chi connectivity index (χ1v) is 12.4. The van der Waals surface area contributed by atoms with E-state index in [9.17, 15) is 23.7 Å². The average molecular weight is 536 g/mol. The molecule has 0 unspecified atom stereocenters. The van der Waals surface area contributed by atoms with Gasteiger partial charge in [-0.3, -0.25) is 28.0 Å². The van der Waals surface area contributed by atoms with Crippen molar-refractivity contribution in [3.8, 4) is 0 Å². The van der Waals surface area contributed by atoms with E-state index in [-0.39, 0.29) is 5.56 Å². The van der Waals surface area contributed by atoms with E-state index >= 15 is 0 Å². The average Bonchev–Trinajstić information content (AvgIpc) is 3.23. The summed E-state index contributed by atoms with van der Waals surface area (Å²) in [5, 5.41) is 0. The number of nitrogens with zero attached hydrogens (tertiary/aromatic N) is 1. The van der Waals surface area contributed by atoms with Crippen molar-refractivity contribution in [1.82, 2.24) is 9.55 Å². The minimum Gasteiger partial charge on any atom is -0.432 e. The van der Waals surface area contributed by atoms with Gasteiger partial charge in [-0.05, 0) is 46.8 Å². The smallest absolute Gasteiger partial charge is 0.432 e. The van der Waals surface area contributed by atoms with E-state index in [2.05, 4.69) is 14.5 Å². The molecule has 2 rings (SSSR count). The lowest BCUT2D eigenvalue weighted by atomic mass is 10.4. The van der Waals surface area contributed by atoms with Crippen molar-refractivity contribution in [1.29, 1.82) is 0 Å². The van der Waals surface area contributed by atoms with Crippen LogP contribution in [0.15, 0.2) is 27.9 Å². The Labute approximate surface area is 205 Å². The van der Waals surface area contributed by atoms with Gasteiger partial charge in [0.2, 0.25) is 13.6 Å². The van der Waals surface area contributed by atoms with Gasteiger partial charge in [-0.1, -0.05) is 0 Å². The molecule has 0 radical (unpaired) electrons. The SMILES string of the molecule is Cc1cn([C@H]2C=C[C@@H](OCP(=O)(OCOC(=O)OC(C)C)OCOC(=O)OC(C)C)O2)c(=O)[nH]c1=O. The lowest BCUT2D eigenvalue weighted by molar-refractivity contribution is -0.130. The van der Waals surface area contributed by atoms with Gasteiger partial charge < -0.3 is 28.4 Å². The monoisotopic (exact) mass is 536 g/mol. The number of aromatic nitrogens is 2. The van der Waals surface area contributed by atoms with E-state index in [0.717, 1.165) is 4.57 Å². The maximum absolute atomic E-state index is 13.1. The van der Waals surface area contributed by atoms with Crippen LogP contribution in [0.3, 0.4) is 0 Å². The number of rotatable bonds is 12. The molecule has 1 aromatic heterocycles. The number of carbonyl (C=O) groups excluding carboxylic acids is 2. The van der Waals surface area contributed by atoms with Crippen LogP contribution >= 0.6 is 7.60 Å². The largest absolute Gasteiger partial charge is 0.510 e. The molecule has 0 aromatic carbocycles. The minimum atomic E-state index is -4.19. The Morgan fingerprint density at radius 2 is 1.58 bits per heavy atom. The molecule has 202 valence electrons. The van der Waals surface area contributed by atoms with Crippen molar-refractivity contribution >= 4 is 19.9 Å². The minimum absolute atomic E-state index is 0.286. The van der Waals surface area contributed by atoms with Crippen molar-refractivity contribution in [2.75, 3.05) is 19.9 Å². The molecule has 0 bridgehead atoms. The summed E-state index contributed by atoms with van der Waals surface area (Å²) in [7, 11) is -4.19. The Kier molecular flexibility index (Phi) is 10.9. The van der Waals surface area contributed by atoms with Crippen molar-refractivity contribution in [2.24, 2.45) is 0 Å². The second-order valence-electron chi connectivity index (χ2n) is 7.78. The number of hydrogen-bond donors (Lipinski definition) is 1. The van der Waals surface area contributed by atoms with Gasteiger partial charge in [0.1, 0.15) is 0 Å². The molecule has 15 nitrogen and oxygen atoms in total. The van der Waals surface area contributed by atoms with Gasteiger partial charge >= 0.3 is 25.6 Å². The Hall–Kier alpha value is -2.97. The predicted octanol–water partition coefficient (Wildman–Crippen LogP) is 2.49. The van der Waals surface area contributed by atoms with Crippen molar-refractivity contribution in [3.05, 3.63) is 44.8 Å². The zero-order chi connectivity index (χ0) is 26.9. The Morgan fingerprint density at radius 1 is 1.03 bits per heavy atom. The number of aryl methyl sites for hydroxylation is 1. The standard InChI is InChI=1S/C20H29N2O13P/c1-12(2)33-19(25)28-9-31-36(27,32-10-29-20(26)34-13(3)4)11-30-16-7-6-15(35-16)22-8-14(5)17(23)21-18(22)24/h6-8,12-13,15-16H,9-11H2,1-5H3,(H,21,23,24)/t15-,16+/m1/s1. The molecular formula is C20H29N2O13P. The molecule has 1 N–H and O–H groups in total. The first-order valence-electron chi connectivity index (χ1n) is 10.7. The van der Waals surface area contributed by atoms with E-state index in [1.165, 1.54) is 25.3 Å². The van der Waals surface area contributed by atoms with Crippen molar-refractivity contribution in [2.45, 2.75) is 59.3 Å². The van der Waals surface area contributed by atoms with Crippen molar-refractivity contribution in [3.63, 3.8) is 0 Å². The first-order chi connectivity index (χ1) is 16.9. The summed E-state index contributed by atoms with van der Waals surface area (Å²) in [5.74, 6) is 0. The number of nitrogens with one attached hydrogen (secondary N) is 1. The number of ether oxygens (including phenoxy) is 6.